The molecule has 0 saturated carbocycles. The van der Waals surface area contributed by atoms with Crippen LogP contribution in [-0.2, 0) is 14.3 Å². The predicted octanol–water partition coefficient (Wildman–Crippen LogP) is 2.62. The topological polar surface area (TPSA) is 73.9 Å². The number of carbonyl (C=O) groups excluding carboxylic acids is 2. The van der Waals surface area contributed by atoms with E-state index < -0.39 is 12.0 Å². The van der Waals surface area contributed by atoms with Gasteiger partial charge >= 0.3 is 5.97 Å². The quantitative estimate of drug-likeness (QED) is 0.400. The Morgan fingerprint density at radius 3 is 2.48 bits per heavy atom. The van der Waals surface area contributed by atoms with Crippen LogP contribution in [0.5, 0.6) is 11.5 Å². The van der Waals surface area contributed by atoms with Crippen molar-refractivity contribution in [3.8, 4) is 23.8 Å². The highest BCUT2D eigenvalue weighted by molar-refractivity contribution is 5.78. The molecule has 0 aliphatic rings. The summed E-state index contributed by atoms with van der Waals surface area (Å²) in [6.07, 6.45) is 7.73. The lowest BCUT2D eigenvalue weighted by atomic mass is 10.0. The van der Waals surface area contributed by atoms with Gasteiger partial charge in [-0.25, -0.2) is 0 Å². The molecule has 0 fully saturated rings. The molecule has 1 rings (SSSR count). The van der Waals surface area contributed by atoms with Crippen LogP contribution in [0.4, 0.5) is 0 Å². The lowest BCUT2D eigenvalue weighted by molar-refractivity contribution is -0.141. The lowest BCUT2D eigenvalue weighted by Gasteiger charge is -2.19. The maximum atomic E-state index is 12.2. The molecule has 0 bridgehead atoms. The zero-order valence-corrected chi connectivity index (χ0v) is 15.0. The van der Waals surface area contributed by atoms with Crippen molar-refractivity contribution in [3.05, 3.63) is 23.8 Å². The molecule has 1 amide bonds. The standard InChI is InChI=1S/C19H25NO5/c1-5-6-7-8-9-18(21)20-15(13-19(22)25-4)14-10-11-16(23-2)17(12-14)24-3/h1,10-12,15H,6-9,13H2,2-4H3,(H,20,21)/t15-/m1/s1. The van der Waals surface area contributed by atoms with Crippen LogP contribution in [0.2, 0.25) is 0 Å². The van der Waals surface area contributed by atoms with Crippen LogP contribution in [-0.4, -0.2) is 33.2 Å². The maximum absolute atomic E-state index is 12.2. The first kappa shape index (κ1) is 20.4. The number of ether oxygens (including phenoxy) is 3. The summed E-state index contributed by atoms with van der Waals surface area (Å²) >= 11 is 0. The zero-order chi connectivity index (χ0) is 18.7. The molecule has 0 unspecified atom stereocenters. The average molecular weight is 347 g/mol. The molecule has 6 heteroatoms. The summed E-state index contributed by atoms with van der Waals surface area (Å²) in [5.41, 5.74) is 0.736. The Labute approximate surface area is 148 Å². The molecule has 0 saturated heterocycles. The van der Waals surface area contributed by atoms with E-state index in [0.29, 0.717) is 30.8 Å². The minimum atomic E-state index is -0.507. The third kappa shape index (κ3) is 6.76. The third-order valence-electron chi connectivity index (χ3n) is 3.72. The highest BCUT2D eigenvalue weighted by Gasteiger charge is 2.20. The fraction of sp³-hybridized carbons (Fsp3) is 0.474. The van der Waals surface area contributed by atoms with Gasteiger partial charge in [-0.1, -0.05) is 6.07 Å². The first-order valence-electron chi connectivity index (χ1n) is 8.07. The molecule has 0 spiro atoms. The number of carbonyl (C=O) groups is 2. The largest absolute Gasteiger partial charge is 0.493 e. The van der Waals surface area contributed by atoms with Crippen molar-refractivity contribution < 1.29 is 23.8 Å². The van der Waals surface area contributed by atoms with Crippen molar-refractivity contribution in [1.29, 1.82) is 0 Å². The number of nitrogens with one attached hydrogen (secondary N) is 1. The normalized spacial score (nSPS) is 11.1. The van der Waals surface area contributed by atoms with E-state index in [4.69, 9.17) is 20.6 Å². The van der Waals surface area contributed by atoms with Crippen molar-refractivity contribution in [2.75, 3.05) is 21.3 Å². The van der Waals surface area contributed by atoms with Crippen molar-refractivity contribution >= 4 is 11.9 Å². The fourth-order valence-electron chi connectivity index (χ4n) is 2.35. The zero-order valence-electron chi connectivity index (χ0n) is 15.0. The second kappa shape index (κ2) is 11.0. The predicted molar refractivity (Wildman–Crippen MR) is 94.4 cm³/mol. The Balaban J connectivity index is 2.87. The number of hydrogen-bond acceptors (Lipinski definition) is 5. The Hall–Kier alpha value is -2.68. The Kier molecular flexibility index (Phi) is 8.94. The Morgan fingerprint density at radius 2 is 1.88 bits per heavy atom. The average Bonchev–Trinajstić information content (AvgIpc) is 2.63. The molecule has 0 aliphatic heterocycles. The van der Waals surface area contributed by atoms with Crippen LogP contribution >= 0.6 is 0 Å². The van der Waals surface area contributed by atoms with E-state index in [9.17, 15) is 9.59 Å². The summed E-state index contributed by atoms with van der Waals surface area (Å²) in [6.45, 7) is 0. The summed E-state index contributed by atoms with van der Waals surface area (Å²) in [6, 6.07) is 4.75. The van der Waals surface area contributed by atoms with Gasteiger partial charge in [-0.15, -0.1) is 12.3 Å². The SMILES string of the molecule is C#CCCCCC(=O)N[C@H](CC(=O)OC)c1ccc(OC)c(OC)c1. The number of esters is 1. The van der Waals surface area contributed by atoms with Gasteiger partial charge in [0.15, 0.2) is 11.5 Å². The van der Waals surface area contributed by atoms with Crippen LogP contribution in [0.25, 0.3) is 0 Å². The highest BCUT2D eigenvalue weighted by Crippen LogP contribution is 2.31. The molecule has 0 aromatic heterocycles. The smallest absolute Gasteiger partial charge is 0.307 e. The molecular formula is C19H25NO5. The van der Waals surface area contributed by atoms with Gasteiger partial charge in [0.1, 0.15) is 0 Å². The van der Waals surface area contributed by atoms with E-state index in [1.54, 1.807) is 25.3 Å². The summed E-state index contributed by atoms with van der Waals surface area (Å²) in [7, 11) is 4.39. The second-order valence-corrected chi connectivity index (χ2v) is 5.43. The third-order valence-corrected chi connectivity index (χ3v) is 3.72. The molecule has 25 heavy (non-hydrogen) atoms. The highest BCUT2D eigenvalue weighted by atomic mass is 16.5. The van der Waals surface area contributed by atoms with E-state index in [0.717, 1.165) is 12.0 Å². The first-order chi connectivity index (χ1) is 12.0. The second-order valence-electron chi connectivity index (χ2n) is 5.43. The van der Waals surface area contributed by atoms with Gasteiger partial charge in [0.05, 0.1) is 33.8 Å². The first-order valence-corrected chi connectivity index (χ1v) is 8.07. The van der Waals surface area contributed by atoms with Crippen molar-refractivity contribution in [2.24, 2.45) is 0 Å². The number of unbranched alkanes of at least 4 members (excludes halogenated alkanes) is 2. The molecule has 0 heterocycles. The summed E-state index contributed by atoms with van der Waals surface area (Å²) in [4.78, 5) is 23.9. The van der Waals surface area contributed by atoms with Gasteiger partial charge in [0, 0.05) is 12.8 Å². The number of benzene rings is 1. The van der Waals surface area contributed by atoms with Crippen LogP contribution in [0.15, 0.2) is 18.2 Å². The fourth-order valence-corrected chi connectivity index (χ4v) is 2.35. The van der Waals surface area contributed by atoms with Gasteiger partial charge in [0.25, 0.3) is 0 Å². The van der Waals surface area contributed by atoms with Crippen LogP contribution in [0.3, 0.4) is 0 Å². The Morgan fingerprint density at radius 1 is 1.16 bits per heavy atom. The summed E-state index contributed by atoms with van der Waals surface area (Å²) < 4.78 is 15.2. The van der Waals surface area contributed by atoms with E-state index in [2.05, 4.69) is 11.2 Å². The van der Waals surface area contributed by atoms with Crippen LogP contribution in [0, 0.1) is 12.3 Å². The maximum Gasteiger partial charge on any atom is 0.307 e. The molecule has 1 N–H and O–H groups in total. The molecule has 0 radical (unpaired) electrons. The van der Waals surface area contributed by atoms with Crippen molar-refractivity contribution in [3.63, 3.8) is 0 Å². The van der Waals surface area contributed by atoms with E-state index in [1.165, 1.54) is 14.2 Å². The number of methoxy groups -OCH3 is 3. The van der Waals surface area contributed by atoms with Gasteiger partial charge in [-0.2, -0.15) is 0 Å². The van der Waals surface area contributed by atoms with Gasteiger partial charge in [-0.3, -0.25) is 9.59 Å². The van der Waals surface area contributed by atoms with E-state index in [1.807, 2.05) is 0 Å². The minimum Gasteiger partial charge on any atom is -0.493 e. The molecule has 1 aromatic rings. The lowest BCUT2D eigenvalue weighted by Crippen LogP contribution is -2.30. The molecule has 1 aromatic carbocycles. The van der Waals surface area contributed by atoms with Crippen molar-refractivity contribution in [2.45, 2.75) is 38.1 Å². The monoisotopic (exact) mass is 347 g/mol. The van der Waals surface area contributed by atoms with Gasteiger partial charge < -0.3 is 19.5 Å². The van der Waals surface area contributed by atoms with E-state index >= 15 is 0 Å². The number of terminal acetylenes is 1. The van der Waals surface area contributed by atoms with Crippen LogP contribution < -0.4 is 14.8 Å². The van der Waals surface area contributed by atoms with Crippen molar-refractivity contribution in [1.82, 2.24) is 5.32 Å². The molecule has 136 valence electrons. The molecule has 1 atom stereocenters. The van der Waals surface area contributed by atoms with Gasteiger partial charge in [0.2, 0.25) is 5.91 Å². The van der Waals surface area contributed by atoms with Crippen LogP contribution in [0.1, 0.15) is 43.7 Å². The number of rotatable bonds is 10. The summed E-state index contributed by atoms with van der Waals surface area (Å²) in [5.74, 6) is 3.10. The molecule has 0 aliphatic carbocycles. The summed E-state index contributed by atoms with van der Waals surface area (Å²) in [5, 5.41) is 2.88. The molecule has 6 nitrogen and oxygen atoms in total. The minimum absolute atomic E-state index is 0.0298. The van der Waals surface area contributed by atoms with E-state index in [-0.39, 0.29) is 12.3 Å². The Bertz CT molecular complexity index is 621. The number of amides is 1. The molecular weight excluding hydrogens is 322 g/mol. The number of hydrogen-bond donors (Lipinski definition) is 1. The van der Waals surface area contributed by atoms with Gasteiger partial charge in [-0.05, 0) is 30.5 Å².